The lowest BCUT2D eigenvalue weighted by Gasteiger charge is -2.41. The van der Waals surface area contributed by atoms with Crippen molar-refractivity contribution in [2.45, 2.75) is 55.6 Å². The number of halogens is 3. The summed E-state index contributed by atoms with van der Waals surface area (Å²) in [7, 11) is 4.95. The van der Waals surface area contributed by atoms with E-state index < -0.39 is 42.1 Å². The molecular formula is C19H25F3N2O5S. The molecule has 6 atom stereocenters. The maximum Gasteiger partial charge on any atom is 0.417 e. The van der Waals surface area contributed by atoms with Gasteiger partial charge in [-0.1, -0.05) is 23.9 Å². The standard InChI is InChI=1S/C19H25F3N2O5S/c1-9-7-10(5-6-11(9)27-4)8-28-16(19(20,21)22)15-14(26)13(25)12-17(29-15)30-18(23-12)24(2)3/h5-7,12-17,25-26H,8H2,1-4H3/t12-,13-,14+,15+,16-,17-/m1/s1. The van der Waals surface area contributed by atoms with E-state index in [1.54, 1.807) is 44.1 Å². The number of alkyl halides is 3. The SMILES string of the molecule is COc1ccc(CO[C@H]([C@H]2O[C@@H]3SC(N(C)C)=N[C@@H]3[C@@H](O)[C@@H]2O)C(F)(F)F)cc1C. The molecule has 2 aliphatic rings. The lowest BCUT2D eigenvalue weighted by molar-refractivity contribution is -0.286. The van der Waals surface area contributed by atoms with Crippen LogP contribution in [0.1, 0.15) is 11.1 Å². The monoisotopic (exact) mass is 450 g/mol. The Morgan fingerprint density at radius 1 is 1.27 bits per heavy atom. The number of thioether (sulfide) groups is 1. The van der Waals surface area contributed by atoms with E-state index in [1.807, 2.05) is 0 Å². The molecule has 0 spiro atoms. The second-order valence-corrected chi connectivity index (χ2v) is 8.51. The summed E-state index contributed by atoms with van der Waals surface area (Å²) < 4.78 is 57.3. The number of hydrogen-bond donors (Lipinski definition) is 2. The van der Waals surface area contributed by atoms with Crippen molar-refractivity contribution in [3.63, 3.8) is 0 Å². The van der Waals surface area contributed by atoms with Gasteiger partial charge in [0.2, 0.25) is 0 Å². The highest BCUT2D eigenvalue weighted by Gasteiger charge is 2.57. The van der Waals surface area contributed by atoms with Crippen LogP contribution in [0.5, 0.6) is 5.75 Å². The molecule has 11 heteroatoms. The van der Waals surface area contributed by atoms with Gasteiger partial charge < -0.3 is 29.3 Å². The first-order valence-corrected chi connectivity index (χ1v) is 10.2. The molecule has 30 heavy (non-hydrogen) atoms. The normalized spacial score (nSPS) is 29.9. The first kappa shape index (κ1) is 23.1. The van der Waals surface area contributed by atoms with Gasteiger partial charge in [0.1, 0.15) is 35.5 Å². The summed E-state index contributed by atoms with van der Waals surface area (Å²) >= 11 is 1.11. The molecule has 2 aliphatic heterocycles. The van der Waals surface area contributed by atoms with Gasteiger partial charge in [0.15, 0.2) is 11.3 Å². The Morgan fingerprint density at radius 3 is 2.53 bits per heavy atom. The molecule has 3 rings (SSSR count). The van der Waals surface area contributed by atoms with Crippen molar-refractivity contribution in [1.82, 2.24) is 4.90 Å². The zero-order chi connectivity index (χ0) is 22.2. The van der Waals surface area contributed by atoms with Crippen LogP contribution in [-0.4, -0.2) is 83.6 Å². The summed E-state index contributed by atoms with van der Waals surface area (Å²) in [6, 6.07) is 4.06. The number of nitrogens with zero attached hydrogens (tertiary/aromatic N) is 2. The van der Waals surface area contributed by atoms with E-state index in [0.717, 1.165) is 17.3 Å². The van der Waals surface area contributed by atoms with Gasteiger partial charge in [0.25, 0.3) is 0 Å². The molecule has 0 bridgehead atoms. The van der Waals surface area contributed by atoms with Gasteiger partial charge in [0, 0.05) is 14.1 Å². The van der Waals surface area contributed by atoms with Crippen LogP contribution in [-0.2, 0) is 16.1 Å². The van der Waals surface area contributed by atoms with Crippen LogP contribution in [0, 0.1) is 6.92 Å². The van der Waals surface area contributed by atoms with Crippen molar-refractivity contribution in [1.29, 1.82) is 0 Å². The predicted molar refractivity (Wildman–Crippen MR) is 106 cm³/mol. The van der Waals surface area contributed by atoms with Crippen molar-refractivity contribution in [3.8, 4) is 5.75 Å². The van der Waals surface area contributed by atoms with E-state index in [0.29, 0.717) is 16.5 Å². The van der Waals surface area contributed by atoms with Gasteiger partial charge in [-0.05, 0) is 24.1 Å². The Kier molecular flexibility index (Phi) is 6.87. The van der Waals surface area contributed by atoms with Gasteiger partial charge in [-0.3, -0.25) is 4.99 Å². The number of amidine groups is 1. The van der Waals surface area contributed by atoms with Crippen molar-refractivity contribution in [2.24, 2.45) is 4.99 Å². The maximum atomic E-state index is 13.8. The van der Waals surface area contributed by atoms with E-state index in [4.69, 9.17) is 14.2 Å². The van der Waals surface area contributed by atoms with E-state index >= 15 is 0 Å². The third-order valence-corrected chi connectivity index (χ3v) is 6.28. The van der Waals surface area contributed by atoms with Gasteiger partial charge in [0.05, 0.1) is 13.7 Å². The van der Waals surface area contributed by atoms with E-state index in [9.17, 15) is 23.4 Å². The highest BCUT2D eigenvalue weighted by molar-refractivity contribution is 8.14. The fourth-order valence-electron chi connectivity index (χ4n) is 3.43. The van der Waals surface area contributed by atoms with Crippen molar-refractivity contribution in [2.75, 3.05) is 21.2 Å². The highest BCUT2D eigenvalue weighted by Crippen LogP contribution is 2.41. The van der Waals surface area contributed by atoms with Crippen LogP contribution in [0.2, 0.25) is 0 Å². The molecule has 0 unspecified atom stereocenters. The number of fused-ring (bicyclic) bond motifs is 1. The first-order valence-electron chi connectivity index (χ1n) is 9.28. The fourth-order valence-corrected chi connectivity index (χ4v) is 4.58. The Morgan fingerprint density at radius 2 is 1.97 bits per heavy atom. The molecule has 0 radical (unpaired) electrons. The molecule has 0 aromatic heterocycles. The number of hydrogen-bond acceptors (Lipinski definition) is 8. The molecule has 7 nitrogen and oxygen atoms in total. The predicted octanol–water partition coefficient (Wildman–Crippen LogP) is 1.93. The van der Waals surface area contributed by atoms with Crippen molar-refractivity contribution < 1.29 is 37.6 Å². The quantitative estimate of drug-likeness (QED) is 0.709. The number of aliphatic imine (C=N–C) groups is 1. The third-order valence-electron chi connectivity index (χ3n) is 4.98. The average Bonchev–Trinajstić information content (AvgIpc) is 3.09. The maximum absolute atomic E-state index is 13.8. The molecule has 1 aromatic carbocycles. The second-order valence-electron chi connectivity index (χ2n) is 7.44. The topological polar surface area (TPSA) is 83.8 Å². The van der Waals surface area contributed by atoms with Crippen molar-refractivity contribution >= 4 is 16.9 Å². The first-order chi connectivity index (χ1) is 14.0. The molecule has 2 N–H and O–H groups in total. The molecule has 2 heterocycles. The number of benzene rings is 1. The van der Waals surface area contributed by atoms with Gasteiger partial charge in [-0.15, -0.1) is 0 Å². The molecule has 1 aromatic rings. The summed E-state index contributed by atoms with van der Waals surface area (Å²) in [4.78, 5) is 5.92. The number of ether oxygens (including phenoxy) is 3. The van der Waals surface area contributed by atoms with E-state index in [2.05, 4.69) is 4.99 Å². The molecule has 0 saturated carbocycles. The summed E-state index contributed by atoms with van der Waals surface area (Å²) in [6.07, 6.45) is -12.3. The Balaban J connectivity index is 1.77. The smallest absolute Gasteiger partial charge is 0.417 e. The number of aliphatic hydroxyl groups is 2. The largest absolute Gasteiger partial charge is 0.496 e. The lowest BCUT2D eigenvalue weighted by Crippen LogP contribution is -2.61. The van der Waals surface area contributed by atoms with Crippen LogP contribution in [0.3, 0.4) is 0 Å². The third kappa shape index (κ3) is 4.70. The second kappa shape index (κ2) is 8.91. The number of aryl methyl sites for hydroxylation is 1. The summed E-state index contributed by atoms with van der Waals surface area (Å²) in [5.41, 5.74) is 0.423. The minimum absolute atomic E-state index is 0.349. The average molecular weight is 450 g/mol. The van der Waals surface area contributed by atoms with Crippen molar-refractivity contribution in [3.05, 3.63) is 29.3 Å². The van der Waals surface area contributed by atoms with Crippen LogP contribution in [0.25, 0.3) is 0 Å². The molecule has 168 valence electrons. The Hall–Kier alpha value is -1.53. The molecule has 1 fully saturated rings. The Labute approximate surface area is 176 Å². The number of rotatable bonds is 5. The fraction of sp³-hybridized carbons (Fsp3) is 0.632. The molecular weight excluding hydrogens is 425 g/mol. The lowest BCUT2D eigenvalue weighted by atomic mass is 9.94. The zero-order valence-electron chi connectivity index (χ0n) is 17.0. The highest BCUT2D eigenvalue weighted by atomic mass is 32.2. The van der Waals surface area contributed by atoms with Gasteiger partial charge >= 0.3 is 6.18 Å². The van der Waals surface area contributed by atoms with Crippen LogP contribution >= 0.6 is 11.8 Å². The molecule has 0 amide bonds. The van der Waals surface area contributed by atoms with Gasteiger partial charge in [-0.25, -0.2) is 0 Å². The van der Waals surface area contributed by atoms with Crippen LogP contribution < -0.4 is 4.74 Å². The molecule has 0 aliphatic carbocycles. The number of methoxy groups -OCH3 is 1. The summed E-state index contributed by atoms with van der Waals surface area (Å²) in [5.74, 6) is 0.612. The molecule has 1 saturated heterocycles. The minimum atomic E-state index is -4.81. The van der Waals surface area contributed by atoms with Gasteiger partial charge in [-0.2, -0.15) is 13.2 Å². The van der Waals surface area contributed by atoms with E-state index in [1.165, 1.54) is 7.11 Å². The summed E-state index contributed by atoms with van der Waals surface area (Å²) in [5, 5.41) is 21.3. The number of aliphatic hydroxyl groups excluding tert-OH is 2. The van der Waals surface area contributed by atoms with Crippen LogP contribution in [0.15, 0.2) is 23.2 Å². The summed E-state index contributed by atoms with van der Waals surface area (Å²) in [6.45, 7) is 1.42. The zero-order valence-corrected chi connectivity index (χ0v) is 17.8. The van der Waals surface area contributed by atoms with E-state index in [-0.39, 0.29) is 6.61 Å². The Bertz CT molecular complexity index is 792. The van der Waals surface area contributed by atoms with Crippen LogP contribution in [0.4, 0.5) is 13.2 Å². The minimum Gasteiger partial charge on any atom is -0.496 e.